The zero-order valence-electron chi connectivity index (χ0n) is 6.66. The second kappa shape index (κ2) is 3.30. The first-order valence-electron chi connectivity index (χ1n) is 3.75. The van der Waals surface area contributed by atoms with Crippen molar-refractivity contribution in [2.24, 2.45) is 0 Å². The van der Waals surface area contributed by atoms with E-state index in [1.807, 2.05) is 12.1 Å². The zero-order chi connectivity index (χ0) is 9.26. The molecule has 2 nitrogen and oxygen atoms in total. The second-order valence-corrected chi connectivity index (χ2v) is 3.92. The third kappa shape index (κ3) is 1.63. The molecule has 0 unspecified atom stereocenters. The van der Waals surface area contributed by atoms with E-state index >= 15 is 0 Å². The summed E-state index contributed by atoms with van der Waals surface area (Å²) in [5, 5.41) is 9.75. The number of fused-ring (bicyclic) bond motifs is 1. The highest BCUT2D eigenvalue weighted by Crippen LogP contribution is 2.15. The van der Waals surface area contributed by atoms with Gasteiger partial charge in [0.25, 0.3) is 0 Å². The Morgan fingerprint density at radius 3 is 2.92 bits per heavy atom. The number of halogens is 1. The lowest BCUT2D eigenvalue weighted by molar-refractivity contribution is 1.38. The summed E-state index contributed by atoms with van der Waals surface area (Å²) in [5.74, 6) is 0. The number of benzene rings is 1. The van der Waals surface area contributed by atoms with Crippen LogP contribution in [-0.2, 0) is 0 Å². The molecule has 0 bridgehead atoms. The normalized spacial score (nSPS) is 9.85. The Labute approximate surface area is 89.4 Å². The second-order valence-electron chi connectivity index (χ2n) is 2.67. The topological polar surface area (TPSA) is 36.7 Å². The van der Waals surface area contributed by atoms with Gasteiger partial charge in [-0.3, -0.25) is 4.98 Å². The van der Waals surface area contributed by atoms with Crippen molar-refractivity contribution in [2.45, 2.75) is 0 Å². The first kappa shape index (κ1) is 8.45. The highest BCUT2D eigenvalue weighted by molar-refractivity contribution is 14.1. The average Bonchev–Trinajstić information content (AvgIpc) is 2.17. The number of aromatic nitrogens is 1. The van der Waals surface area contributed by atoms with Crippen LogP contribution in [0.15, 0.2) is 30.5 Å². The maximum absolute atomic E-state index is 8.67. The molecule has 0 aliphatic carbocycles. The minimum absolute atomic E-state index is 0.654. The molecule has 1 heterocycles. The molecule has 2 rings (SSSR count). The minimum atomic E-state index is 0.654. The molecule has 0 spiro atoms. The van der Waals surface area contributed by atoms with Crippen LogP contribution in [0, 0.1) is 14.9 Å². The molecule has 0 aliphatic rings. The van der Waals surface area contributed by atoms with E-state index in [9.17, 15) is 0 Å². The number of nitrogens with zero attached hydrogens (tertiary/aromatic N) is 2. The van der Waals surface area contributed by atoms with Crippen molar-refractivity contribution in [3.63, 3.8) is 0 Å². The number of hydrogen-bond acceptors (Lipinski definition) is 2. The smallest absolute Gasteiger partial charge is 0.0992 e. The third-order valence-corrected chi connectivity index (χ3v) is 2.37. The van der Waals surface area contributed by atoms with Gasteiger partial charge < -0.3 is 0 Å². The van der Waals surface area contributed by atoms with Crippen molar-refractivity contribution in [1.82, 2.24) is 4.98 Å². The van der Waals surface area contributed by atoms with Crippen LogP contribution in [-0.4, -0.2) is 4.98 Å². The van der Waals surface area contributed by atoms with Gasteiger partial charge in [-0.2, -0.15) is 5.26 Å². The quantitative estimate of drug-likeness (QED) is 0.696. The molecule has 0 radical (unpaired) electrons. The molecule has 1 aromatic carbocycles. The molecule has 0 aliphatic heterocycles. The largest absolute Gasteiger partial charge is 0.255 e. The lowest BCUT2D eigenvalue weighted by Crippen LogP contribution is -1.82. The predicted octanol–water partition coefficient (Wildman–Crippen LogP) is 2.71. The van der Waals surface area contributed by atoms with Crippen LogP contribution in [0.2, 0.25) is 0 Å². The molecule has 2 aromatic rings. The predicted molar refractivity (Wildman–Crippen MR) is 59.2 cm³/mol. The van der Waals surface area contributed by atoms with Gasteiger partial charge in [0.05, 0.1) is 17.1 Å². The Bertz CT molecular complexity index is 500. The molecule has 62 valence electrons. The van der Waals surface area contributed by atoms with E-state index in [4.69, 9.17) is 5.26 Å². The van der Waals surface area contributed by atoms with Gasteiger partial charge in [0.1, 0.15) is 0 Å². The van der Waals surface area contributed by atoms with Crippen molar-refractivity contribution < 1.29 is 0 Å². The molecule has 1 aromatic heterocycles. The maximum Gasteiger partial charge on any atom is 0.0992 e. The summed E-state index contributed by atoms with van der Waals surface area (Å²) in [6.45, 7) is 0. The van der Waals surface area contributed by atoms with E-state index in [1.54, 1.807) is 18.3 Å². The summed E-state index contributed by atoms with van der Waals surface area (Å²) in [7, 11) is 0. The highest BCUT2D eigenvalue weighted by atomic mass is 127. The number of hydrogen-bond donors (Lipinski definition) is 0. The van der Waals surface area contributed by atoms with Crippen molar-refractivity contribution in [3.05, 3.63) is 39.6 Å². The summed E-state index contributed by atoms with van der Waals surface area (Å²) in [6.07, 6.45) is 1.80. The molecule has 0 N–H and O–H groups in total. The summed E-state index contributed by atoms with van der Waals surface area (Å²) in [6, 6.07) is 9.66. The monoisotopic (exact) mass is 280 g/mol. The maximum atomic E-state index is 8.67. The van der Waals surface area contributed by atoms with Gasteiger partial charge in [-0.1, -0.05) is 6.07 Å². The van der Waals surface area contributed by atoms with Crippen LogP contribution in [0.25, 0.3) is 10.9 Å². The number of nitriles is 1. The lowest BCUT2D eigenvalue weighted by atomic mass is 10.1. The summed E-state index contributed by atoms with van der Waals surface area (Å²) < 4.78 is 1.11. The Hall–Kier alpha value is -1.15. The molecule has 0 atom stereocenters. The molecular weight excluding hydrogens is 275 g/mol. The molecule has 0 saturated carbocycles. The van der Waals surface area contributed by atoms with Crippen molar-refractivity contribution in [1.29, 1.82) is 5.26 Å². The SMILES string of the molecule is N#Cc1ccc2cc(I)cnc2c1. The fourth-order valence-electron chi connectivity index (χ4n) is 1.16. The summed E-state index contributed by atoms with van der Waals surface area (Å²) in [4.78, 5) is 4.23. The molecule has 13 heavy (non-hydrogen) atoms. The first-order chi connectivity index (χ1) is 6.29. The zero-order valence-corrected chi connectivity index (χ0v) is 8.82. The fraction of sp³-hybridized carbons (Fsp3) is 0. The van der Waals surface area contributed by atoms with Crippen LogP contribution in [0.3, 0.4) is 0 Å². The van der Waals surface area contributed by atoms with Gasteiger partial charge in [-0.05, 0) is 40.8 Å². The van der Waals surface area contributed by atoms with Crippen LogP contribution in [0.4, 0.5) is 0 Å². The van der Waals surface area contributed by atoms with Crippen molar-refractivity contribution in [2.75, 3.05) is 0 Å². The van der Waals surface area contributed by atoms with E-state index in [0.717, 1.165) is 14.5 Å². The number of rotatable bonds is 0. The molecular formula is C10H5IN2. The Morgan fingerprint density at radius 2 is 2.15 bits per heavy atom. The fourth-order valence-corrected chi connectivity index (χ4v) is 1.64. The van der Waals surface area contributed by atoms with Crippen LogP contribution in [0.1, 0.15) is 5.56 Å². The van der Waals surface area contributed by atoms with E-state index in [0.29, 0.717) is 5.56 Å². The summed E-state index contributed by atoms with van der Waals surface area (Å²) >= 11 is 2.22. The van der Waals surface area contributed by atoms with E-state index in [2.05, 4.69) is 33.6 Å². The third-order valence-electron chi connectivity index (χ3n) is 1.78. The standard InChI is InChI=1S/C10H5IN2/c11-9-4-8-2-1-7(5-12)3-10(8)13-6-9/h1-4,6H. The average molecular weight is 280 g/mol. The molecule has 0 fully saturated rings. The van der Waals surface area contributed by atoms with Gasteiger partial charge in [0.2, 0.25) is 0 Å². The van der Waals surface area contributed by atoms with Gasteiger partial charge in [0.15, 0.2) is 0 Å². The first-order valence-corrected chi connectivity index (χ1v) is 4.83. The van der Waals surface area contributed by atoms with Crippen LogP contribution >= 0.6 is 22.6 Å². The summed E-state index contributed by atoms with van der Waals surface area (Å²) in [5.41, 5.74) is 1.53. The van der Waals surface area contributed by atoms with E-state index in [1.165, 1.54) is 0 Å². The van der Waals surface area contributed by atoms with Gasteiger partial charge in [-0.25, -0.2) is 0 Å². The van der Waals surface area contributed by atoms with Crippen LogP contribution < -0.4 is 0 Å². The highest BCUT2D eigenvalue weighted by Gasteiger charge is 1.97. The van der Waals surface area contributed by atoms with Crippen molar-refractivity contribution in [3.8, 4) is 6.07 Å². The van der Waals surface area contributed by atoms with Crippen molar-refractivity contribution >= 4 is 33.5 Å². The Morgan fingerprint density at radius 1 is 1.31 bits per heavy atom. The van der Waals surface area contributed by atoms with Gasteiger partial charge in [0, 0.05) is 15.2 Å². The molecule has 3 heteroatoms. The molecule has 0 amide bonds. The Balaban J connectivity index is 2.75. The van der Waals surface area contributed by atoms with Gasteiger partial charge in [-0.15, -0.1) is 0 Å². The number of pyridine rings is 1. The van der Waals surface area contributed by atoms with E-state index in [-0.39, 0.29) is 0 Å². The van der Waals surface area contributed by atoms with E-state index < -0.39 is 0 Å². The Kier molecular flexibility index (Phi) is 2.15. The lowest BCUT2D eigenvalue weighted by Gasteiger charge is -1.97. The minimum Gasteiger partial charge on any atom is -0.255 e. The van der Waals surface area contributed by atoms with Gasteiger partial charge >= 0.3 is 0 Å². The van der Waals surface area contributed by atoms with Crippen LogP contribution in [0.5, 0.6) is 0 Å². The molecule has 0 saturated heterocycles.